The Balaban J connectivity index is 2.42. The van der Waals surface area contributed by atoms with Crippen LogP contribution in [0.15, 0.2) is 53.5 Å². The van der Waals surface area contributed by atoms with Crippen LogP contribution in [-0.2, 0) is 4.74 Å². The molecule has 3 aromatic rings. The minimum absolute atomic E-state index is 0.455. The van der Waals surface area contributed by atoms with E-state index in [1.165, 1.54) is 11.7 Å². The normalized spacial score (nSPS) is 10.7. The van der Waals surface area contributed by atoms with E-state index < -0.39 is 11.8 Å². The van der Waals surface area contributed by atoms with Crippen molar-refractivity contribution < 1.29 is 9.53 Å². The Kier molecular flexibility index (Phi) is 2.83. The Morgan fingerprint density at radius 3 is 2.45 bits per heavy atom. The van der Waals surface area contributed by atoms with Gasteiger partial charge in [-0.3, -0.25) is 0 Å². The van der Waals surface area contributed by atoms with Gasteiger partial charge in [0, 0.05) is 6.20 Å². The Labute approximate surface area is 113 Å². The minimum atomic E-state index is -0.721. The molecule has 0 aliphatic carbocycles. The lowest BCUT2D eigenvalue weighted by Gasteiger charge is -2.00. The largest absolute Gasteiger partial charge is 0.452 e. The van der Waals surface area contributed by atoms with Crippen molar-refractivity contribution in [3.63, 3.8) is 0 Å². The lowest BCUT2D eigenvalue weighted by Crippen LogP contribution is -2.28. The van der Waals surface area contributed by atoms with E-state index in [2.05, 4.69) is 9.72 Å². The molecule has 2 aromatic heterocycles. The number of ether oxygens (including phenoxy) is 1. The van der Waals surface area contributed by atoms with Crippen molar-refractivity contribution in [1.82, 2.24) is 14.1 Å². The SMILES string of the molecule is COC(=O)n1c(=O)n(-c2ccccn2)c2ccccc21. The molecule has 0 N–H and O–H groups in total. The van der Waals surface area contributed by atoms with Gasteiger partial charge in [-0.2, -0.15) is 4.57 Å². The van der Waals surface area contributed by atoms with Gasteiger partial charge in [0.25, 0.3) is 0 Å². The zero-order valence-corrected chi connectivity index (χ0v) is 10.7. The highest BCUT2D eigenvalue weighted by Crippen LogP contribution is 2.16. The van der Waals surface area contributed by atoms with Crippen LogP contribution < -0.4 is 5.69 Å². The summed E-state index contributed by atoms with van der Waals surface area (Å²) in [5, 5.41) is 0. The van der Waals surface area contributed by atoms with Crippen molar-refractivity contribution in [2.45, 2.75) is 0 Å². The van der Waals surface area contributed by atoms with Gasteiger partial charge in [0.2, 0.25) is 0 Å². The van der Waals surface area contributed by atoms with E-state index in [0.717, 1.165) is 4.57 Å². The Morgan fingerprint density at radius 2 is 1.80 bits per heavy atom. The Hall–Kier alpha value is -2.89. The Bertz CT molecular complexity index is 834. The lowest BCUT2D eigenvalue weighted by atomic mass is 10.3. The maximum absolute atomic E-state index is 12.5. The van der Waals surface area contributed by atoms with Gasteiger partial charge in [-0.05, 0) is 24.3 Å². The summed E-state index contributed by atoms with van der Waals surface area (Å²) in [5.41, 5.74) is 0.577. The molecule has 0 atom stereocenters. The van der Waals surface area contributed by atoms with Crippen molar-refractivity contribution in [2.24, 2.45) is 0 Å². The highest BCUT2D eigenvalue weighted by atomic mass is 16.5. The molecule has 0 saturated heterocycles. The van der Waals surface area contributed by atoms with Crippen molar-refractivity contribution in [3.8, 4) is 5.82 Å². The van der Waals surface area contributed by atoms with Gasteiger partial charge < -0.3 is 4.74 Å². The van der Waals surface area contributed by atoms with E-state index >= 15 is 0 Å². The number of rotatable bonds is 1. The van der Waals surface area contributed by atoms with Gasteiger partial charge in [-0.25, -0.2) is 19.1 Å². The van der Waals surface area contributed by atoms with Crippen LogP contribution in [0.3, 0.4) is 0 Å². The van der Waals surface area contributed by atoms with Crippen molar-refractivity contribution in [2.75, 3.05) is 7.11 Å². The first kappa shape index (κ1) is 12.2. The number of benzene rings is 1. The number of hydrogen-bond donors (Lipinski definition) is 0. The number of carbonyl (C=O) groups is 1. The summed E-state index contributed by atoms with van der Waals surface area (Å²) in [6.07, 6.45) is 0.868. The highest BCUT2D eigenvalue weighted by molar-refractivity contribution is 5.87. The molecule has 1 aromatic carbocycles. The van der Waals surface area contributed by atoms with E-state index in [-0.39, 0.29) is 0 Å². The molecule has 0 radical (unpaired) electrons. The average molecular weight is 269 g/mol. The first-order chi connectivity index (χ1) is 9.74. The molecule has 0 aliphatic rings. The number of pyridine rings is 1. The average Bonchev–Trinajstić information content (AvgIpc) is 2.79. The molecule has 0 unspecified atom stereocenters. The molecular formula is C14H11N3O3. The van der Waals surface area contributed by atoms with Crippen LogP contribution in [0.4, 0.5) is 4.79 Å². The molecule has 6 heteroatoms. The summed E-state index contributed by atoms with van der Waals surface area (Å²) in [5.74, 6) is 0.455. The maximum Gasteiger partial charge on any atom is 0.422 e. The third-order valence-corrected chi connectivity index (χ3v) is 2.98. The van der Waals surface area contributed by atoms with Crippen LogP contribution >= 0.6 is 0 Å². The van der Waals surface area contributed by atoms with Crippen LogP contribution in [0, 0.1) is 0 Å². The number of nitrogens with zero attached hydrogens (tertiary/aromatic N) is 3. The summed E-state index contributed by atoms with van der Waals surface area (Å²) in [6.45, 7) is 0. The fourth-order valence-electron chi connectivity index (χ4n) is 2.12. The first-order valence-corrected chi connectivity index (χ1v) is 5.96. The summed E-state index contributed by atoms with van der Waals surface area (Å²) in [7, 11) is 1.24. The van der Waals surface area contributed by atoms with E-state index in [1.54, 1.807) is 48.7 Å². The predicted octanol–water partition coefficient (Wildman–Crippen LogP) is 1.80. The smallest absolute Gasteiger partial charge is 0.422 e. The Morgan fingerprint density at radius 1 is 1.10 bits per heavy atom. The van der Waals surface area contributed by atoms with Gasteiger partial charge in [-0.1, -0.05) is 18.2 Å². The van der Waals surface area contributed by atoms with Gasteiger partial charge in [0.05, 0.1) is 18.1 Å². The van der Waals surface area contributed by atoms with Gasteiger partial charge >= 0.3 is 11.8 Å². The molecule has 3 rings (SSSR count). The van der Waals surface area contributed by atoms with E-state index in [0.29, 0.717) is 16.9 Å². The highest BCUT2D eigenvalue weighted by Gasteiger charge is 2.19. The zero-order valence-electron chi connectivity index (χ0n) is 10.7. The summed E-state index contributed by atoms with van der Waals surface area (Å²) >= 11 is 0. The number of carbonyl (C=O) groups excluding carboxylic acids is 1. The number of imidazole rings is 1. The summed E-state index contributed by atoms with van der Waals surface area (Å²) in [4.78, 5) is 28.4. The molecule has 0 fully saturated rings. The fourth-order valence-corrected chi connectivity index (χ4v) is 2.12. The molecular weight excluding hydrogens is 258 g/mol. The van der Waals surface area contributed by atoms with Gasteiger partial charge in [0.15, 0.2) is 0 Å². The number of methoxy groups -OCH3 is 1. The van der Waals surface area contributed by atoms with E-state index in [9.17, 15) is 9.59 Å². The fraction of sp³-hybridized carbons (Fsp3) is 0.0714. The minimum Gasteiger partial charge on any atom is -0.452 e. The summed E-state index contributed by atoms with van der Waals surface area (Å²) in [6, 6.07) is 12.2. The topological polar surface area (TPSA) is 66.1 Å². The predicted molar refractivity (Wildman–Crippen MR) is 73.1 cm³/mol. The van der Waals surface area contributed by atoms with E-state index in [1.807, 2.05) is 0 Å². The van der Waals surface area contributed by atoms with Crippen LogP contribution in [-0.4, -0.2) is 27.3 Å². The van der Waals surface area contributed by atoms with Crippen molar-refractivity contribution >= 4 is 17.1 Å². The molecule has 100 valence electrons. The molecule has 20 heavy (non-hydrogen) atoms. The number of hydrogen-bond acceptors (Lipinski definition) is 4. The van der Waals surface area contributed by atoms with Crippen molar-refractivity contribution in [1.29, 1.82) is 0 Å². The number of para-hydroxylation sites is 2. The standard InChI is InChI=1S/C14H11N3O3/c1-20-14(19)17-11-7-3-2-6-10(11)16(13(17)18)12-8-4-5-9-15-12/h2-9H,1H3. The molecule has 0 saturated carbocycles. The molecule has 0 amide bonds. The lowest BCUT2D eigenvalue weighted by molar-refractivity contribution is 0.173. The maximum atomic E-state index is 12.5. The third kappa shape index (κ3) is 1.70. The number of aromatic nitrogens is 3. The molecule has 6 nitrogen and oxygen atoms in total. The zero-order chi connectivity index (χ0) is 14.1. The second-order valence-corrected chi connectivity index (χ2v) is 4.10. The third-order valence-electron chi connectivity index (χ3n) is 2.98. The quantitative estimate of drug-likeness (QED) is 0.675. The van der Waals surface area contributed by atoms with Crippen LogP contribution in [0.2, 0.25) is 0 Å². The molecule has 0 spiro atoms. The molecule has 0 bridgehead atoms. The van der Waals surface area contributed by atoms with Crippen LogP contribution in [0.5, 0.6) is 0 Å². The summed E-state index contributed by atoms with van der Waals surface area (Å²) < 4.78 is 7.04. The van der Waals surface area contributed by atoms with Gasteiger partial charge in [0.1, 0.15) is 5.82 Å². The molecule has 2 heterocycles. The second-order valence-electron chi connectivity index (χ2n) is 4.10. The second kappa shape index (κ2) is 4.65. The van der Waals surface area contributed by atoms with Crippen LogP contribution in [0.25, 0.3) is 16.9 Å². The van der Waals surface area contributed by atoms with Crippen molar-refractivity contribution in [3.05, 3.63) is 59.1 Å². The van der Waals surface area contributed by atoms with Gasteiger partial charge in [-0.15, -0.1) is 0 Å². The monoisotopic (exact) mass is 269 g/mol. The first-order valence-electron chi connectivity index (χ1n) is 5.96. The number of fused-ring (bicyclic) bond motifs is 1. The van der Waals surface area contributed by atoms with Crippen LogP contribution in [0.1, 0.15) is 0 Å². The van der Waals surface area contributed by atoms with E-state index in [4.69, 9.17) is 0 Å². The molecule has 0 aliphatic heterocycles.